The van der Waals surface area contributed by atoms with E-state index in [9.17, 15) is 9.59 Å². The van der Waals surface area contributed by atoms with Crippen molar-refractivity contribution >= 4 is 35.0 Å². The molecule has 2 N–H and O–H groups in total. The highest BCUT2D eigenvalue weighted by atomic mass is 16.5. The van der Waals surface area contributed by atoms with Crippen molar-refractivity contribution in [2.75, 3.05) is 39.4 Å². The molecule has 2 aromatic carbocycles. The molecule has 0 fully saturated rings. The molecule has 4 rings (SSSR count). The maximum absolute atomic E-state index is 13.5. The van der Waals surface area contributed by atoms with Crippen LogP contribution in [0, 0.1) is 0 Å². The van der Waals surface area contributed by atoms with Crippen molar-refractivity contribution in [2.24, 2.45) is 4.99 Å². The molecule has 0 aromatic heterocycles. The monoisotopic (exact) mass is 518 g/mol. The van der Waals surface area contributed by atoms with Crippen LogP contribution < -0.4 is 20.1 Å². The Hall–Kier alpha value is -3.95. The molecular weight excluding hydrogens is 484 g/mol. The van der Waals surface area contributed by atoms with E-state index in [1.54, 1.807) is 37.4 Å². The summed E-state index contributed by atoms with van der Waals surface area (Å²) in [6.45, 7) is 6.80. The first-order valence-electron chi connectivity index (χ1n) is 12.6. The van der Waals surface area contributed by atoms with Crippen molar-refractivity contribution in [2.45, 2.75) is 32.2 Å². The van der Waals surface area contributed by atoms with Crippen LogP contribution in [0.4, 0.5) is 11.4 Å². The summed E-state index contributed by atoms with van der Waals surface area (Å²) in [5.74, 6) is 0.639. The molecule has 2 aliphatic heterocycles. The van der Waals surface area contributed by atoms with Gasteiger partial charge >= 0.3 is 0 Å². The lowest BCUT2D eigenvalue weighted by Crippen LogP contribution is -2.32. The number of amides is 2. The lowest BCUT2D eigenvalue weighted by atomic mass is 10.0. The zero-order chi connectivity index (χ0) is 27.1. The number of aliphatic imine (C=N–C) groups is 1. The fraction of sp³-hybridized carbons (Fsp3) is 0.345. The molecular formula is C29H34N4O5. The maximum atomic E-state index is 13.5. The largest absolute Gasteiger partial charge is 0.493 e. The highest BCUT2D eigenvalue weighted by molar-refractivity contribution is 6.05. The second-order valence-corrected chi connectivity index (χ2v) is 9.20. The molecule has 9 nitrogen and oxygen atoms in total. The van der Waals surface area contributed by atoms with E-state index in [1.165, 1.54) is 0 Å². The van der Waals surface area contributed by atoms with Gasteiger partial charge in [-0.05, 0) is 48.4 Å². The molecule has 200 valence electrons. The number of carbonyl (C=O) groups excluding carboxylic acids is 2. The summed E-state index contributed by atoms with van der Waals surface area (Å²) in [6.07, 6.45) is 6.20. The minimum absolute atomic E-state index is 0.0279. The number of nitrogens with zero attached hydrogens (tertiary/aromatic N) is 2. The van der Waals surface area contributed by atoms with Gasteiger partial charge in [-0.1, -0.05) is 32.1 Å². The van der Waals surface area contributed by atoms with Gasteiger partial charge in [-0.15, -0.1) is 0 Å². The quantitative estimate of drug-likeness (QED) is 0.243. The number of carbonyl (C=O) groups is 2. The molecule has 0 saturated heterocycles. The van der Waals surface area contributed by atoms with Crippen molar-refractivity contribution in [3.05, 3.63) is 65.9 Å². The Balaban J connectivity index is 1.48. The van der Waals surface area contributed by atoms with Crippen LogP contribution in [-0.4, -0.2) is 63.1 Å². The molecule has 0 saturated carbocycles. The highest BCUT2D eigenvalue weighted by Gasteiger charge is 2.33. The first-order chi connectivity index (χ1) is 18.4. The maximum Gasteiger partial charge on any atom is 0.260 e. The van der Waals surface area contributed by atoms with Crippen LogP contribution in [0.3, 0.4) is 0 Å². The predicted octanol–water partition coefficient (Wildman–Crippen LogP) is 4.53. The second-order valence-electron chi connectivity index (χ2n) is 9.20. The van der Waals surface area contributed by atoms with Crippen LogP contribution in [-0.2, 0) is 9.53 Å². The third-order valence-corrected chi connectivity index (χ3v) is 6.27. The molecule has 38 heavy (non-hydrogen) atoms. The Labute approximate surface area is 223 Å². The average Bonchev–Trinajstić information content (AvgIpc) is 3.30. The number of ether oxygens (including phenoxy) is 3. The van der Waals surface area contributed by atoms with E-state index < -0.39 is 0 Å². The van der Waals surface area contributed by atoms with E-state index in [0.29, 0.717) is 48.2 Å². The fourth-order valence-corrected chi connectivity index (χ4v) is 4.39. The number of anilines is 1. The predicted molar refractivity (Wildman–Crippen MR) is 148 cm³/mol. The van der Waals surface area contributed by atoms with E-state index in [0.717, 1.165) is 29.6 Å². The summed E-state index contributed by atoms with van der Waals surface area (Å²) < 4.78 is 16.6. The van der Waals surface area contributed by atoms with Gasteiger partial charge in [-0.3, -0.25) is 19.9 Å². The number of nitrogens with one attached hydrogen (secondary N) is 2. The SMILES string of the molecule is C=C(CCC)COc1cc2c(cc1OC)C(=O)N1C=C(c3ccc(NC(=O)COCNC)cc3)CC1C=N2. The molecule has 0 radical (unpaired) electrons. The van der Waals surface area contributed by atoms with Gasteiger partial charge in [-0.25, -0.2) is 0 Å². The Morgan fingerprint density at radius 3 is 2.68 bits per heavy atom. The Kier molecular flexibility index (Phi) is 8.93. The van der Waals surface area contributed by atoms with Gasteiger partial charge in [-0.2, -0.15) is 0 Å². The van der Waals surface area contributed by atoms with E-state index in [4.69, 9.17) is 14.2 Å². The van der Waals surface area contributed by atoms with E-state index in [2.05, 4.69) is 29.1 Å². The zero-order valence-electron chi connectivity index (χ0n) is 22.1. The van der Waals surface area contributed by atoms with Crippen LogP contribution in [0.2, 0.25) is 0 Å². The molecule has 2 aromatic rings. The molecule has 2 heterocycles. The minimum Gasteiger partial charge on any atom is -0.493 e. The highest BCUT2D eigenvalue weighted by Crippen LogP contribution is 2.40. The number of benzene rings is 2. The molecule has 2 amide bonds. The molecule has 0 bridgehead atoms. The van der Waals surface area contributed by atoms with Gasteiger partial charge in [0.2, 0.25) is 5.91 Å². The van der Waals surface area contributed by atoms with Crippen molar-refractivity contribution < 1.29 is 23.8 Å². The molecule has 2 aliphatic rings. The summed E-state index contributed by atoms with van der Waals surface area (Å²) in [5.41, 5.74) is 4.66. The van der Waals surface area contributed by atoms with Gasteiger partial charge in [0.05, 0.1) is 31.1 Å². The number of fused-ring (bicyclic) bond motifs is 2. The topological polar surface area (TPSA) is 101 Å². The van der Waals surface area contributed by atoms with E-state index in [1.807, 2.05) is 30.5 Å². The number of methoxy groups -OCH3 is 1. The fourth-order valence-electron chi connectivity index (χ4n) is 4.39. The molecule has 0 spiro atoms. The zero-order valence-corrected chi connectivity index (χ0v) is 22.1. The first kappa shape index (κ1) is 27.1. The van der Waals surface area contributed by atoms with Crippen molar-refractivity contribution in [1.82, 2.24) is 10.2 Å². The molecule has 0 aliphatic carbocycles. The van der Waals surface area contributed by atoms with Crippen molar-refractivity contribution in [3.8, 4) is 11.5 Å². The smallest absolute Gasteiger partial charge is 0.260 e. The van der Waals surface area contributed by atoms with Crippen molar-refractivity contribution in [1.29, 1.82) is 0 Å². The molecule has 1 atom stereocenters. The second kappa shape index (κ2) is 12.5. The van der Waals surface area contributed by atoms with Gasteiger partial charge in [0, 0.05) is 30.6 Å². The third-order valence-electron chi connectivity index (χ3n) is 6.27. The van der Waals surface area contributed by atoms with Gasteiger partial charge in [0.1, 0.15) is 13.2 Å². The van der Waals surface area contributed by atoms with Gasteiger partial charge in [0.15, 0.2) is 11.5 Å². The Morgan fingerprint density at radius 1 is 1.18 bits per heavy atom. The molecule has 1 unspecified atom stereocenters. The van der Waals surface area contributed by atoms with Gasteiger partial charge in [0.25, 0.3) is 5.91 Å². The van der Waals surface area contributed by atoms with Crippen LogP contribution in [0.25, 0.3) is 5.57 Å². The van der Waals surface area contributed by atoms with Crippen LogP contribution in [0.5, 0.6) is 11.5 Å². The van der Waals surface area contributed by atoms with Crippen LogP contribution in [0.15, 0.2) is 59.7 Å². The first-order valence-corrected chi connectivity index (χ1v) is 12.6. The number of hydrogen-bond acceptors (Lipinski definition) is 7. The third kappa shape index (κ3) is 6.30. The normalized spacial score (nSPS) is 15.9. The standard InChI is InChI=1S/C29H34N4O5/c1-5-6-19(2)16-38-27-13-25-24(12-26(27)36-4)29(35)33-15-21(11-23(33)14-31-25)20-7-9-22(10-8-20)32-28(34)17-37-18-30-3/h7-10,12-15,23,30H,2,5-6,11,16-18H2,1,3-4H3,(H,32,34). The minimum atomic E-state index is -0.225. The van der Waals surface area contributed by atoms with Crippen molar-refractivity contribution in [3.63, 3.8) is 0 Å². The van der Waals surface area contributed by atoms with Crippen LogP contribution in [0.1, 0.15) is 42.1 Å². The summed E-state index contributed by atoms with van der Waals surface area (Å²) in [6, 6.07) is 10.8. The van der Waals surface area contributed by atoms with E-state index >= 15 is 0 Å². The number of hydrogen-bond donors (Lipinski definition) is 2. The van der Waals surface area contributed by atoms with E-state index in [-0.39, 0.29) is 24.5 Å². The molecule has 9 heteroatoms. The number of rotatable bonds is 12. The Bertz CT molecular complexity index is 1250. The average molecular weight is 519 g/mol. The summed E-state index contributed by atoms with van der Waals surface area (Å²) >= 11 is 0. The Morgan fingerprint density at radius 2 is 1.97 bits per heavy atom. The van der Waals surface area contributed by atoms with Crippen LogP contribution >= 0.6 is 0 Å². The summed E-state index contributed by atoms with van der Waals surface area (Å²) in [7, 11) is 3.30. The lowest BCUT2D eigenvalue weighted by Gasteiger charge is -2.19. The lowest BCUT2D eigenvalue weighted by molar-refractivity contribution is -0.120. The van der Waals surface area contributed by atoms with Gasteiger partial charge < -0.3 is 24.4 Å². The summed E-state index contributed by atoms with van der Waals surface area (Å²) in [5, 5.41) is 5.63. The summed E-state index contributed by atoms with van der Waals surface area (Å²) in [4.78, 5) is 31.9.